The minimum absolute atomic E-state index is 0.237. The highest BCUT2D eigenvalue weighted by atomic mass is 16.1. The second-order valence-electron chi connectivity index (χ2n) is 4.46. The van der Waals surface area contributed by atoms with Crippen molar-refractivity contribution in [2.45, 2.75) is 26.2 Å². The summed E-state index contributed by atoms with van der Waals surface area (Å²) in [7, 11) is 0. The third-order valence-corrected chi connectivity index (χ3v) is 3.14. The maximum Gasteiger partial charge on any atom is 0.162 e. The molecule has 2 aliphatic rings. The number of nitrogens with one attached hydrogen (secondary N) is 1. The van der Waals surface area contributed by atoms with Crippen LogP contribution < -0.4 is 5.32 Å². The van der Waals surface area contributed by atoms with Crippen molar-refractivity contribution in [2.75, 3.05) is 13.1 Å². The number of rotatable bonds is 3. The first-order valence-electron chi connectivity index (χ1n) is 6.33. The minimum Gasteiger partial charge on any atom is -0.312 e. The van der Waals surface area contributed by atoms with E-state index < -0.39 is 0 Å². The van der Waals surface area contributed by atoms with E-state index in [2.05, 4.69) is 17.5 Å². The maximum atomic E-state index is 11.8. The molecular formula is C15H19NO. The molecule has 2 nitrogen and oxygen atoms in total. The average molecular weight is 229 g/mol. The molecule has 1 heterocycles. The smallest absolute Gasteiger partial charge is 0.162 e. The van der Waals surface area contributed by atoms with E-state index in [9.17, 15) is 4.79 Å². The molecule has 1 aliphatic heterocycles. The summed E-state index contributed by atoms with van der Waals surface area (Å²) in [6, 6.07) is 0. The van der Waals surface area contributed by atoms with Crippen LogP contribution >= 0.6 is 0 Å². The van der Waals surface area contributed by atoms with E-state index in [1.165, 1.54) is 11.1 Å². The van der Waals surface area contributed by atoms with Gasteiger partial charge in [-0.2, -0.15) is 0 Å². The van der Waals surface area contributed by atoms with Crippen LogP contribution in [0.2, 0.25) is 0 Å². The molecule has 0 fully saturated rings. The van der Waals surface area contributed by atoms with Crippen LogP contribution in [-0.2, 0) is 4.79 Å². The molecule has 2 rings (SSSR count). The van der Waals surface area contributed by atoms with Crippen molar-refractivity contribution in [2.24, 2.45) is 0 Å². The van der Waals surface area contributed by atoms with Crippen LogP contribution in [0.1, 0.15) is 26.2 Å². The van der Waals surface area contributed by atoms with Crippen molar-refractivity contribution in [1.82, 2.24) is 5.32 Å². The predicted molar refractivity (Wildman–Crippen MR) is 70.8 cm³/mol. The SMILES string of the molecule is CCCC(=O)C1=C\C=C\C2=C(/C=C\1)CNCC2. The van der Waals surface area contributed by atoms with Gasteiger partial charge in [-0.1, -0.05) is 37.3 Å². The Bertz CT molecular complexity index is 424. The van der Waals surface area contributed by atoms with Gasteiger partial charge in [-0.25, -0.2) is 0 Å². The lowest BCUT2D eigenvalue weighted by molar-refractivity contribution is -0.115. The predicted octanol–water partition coefficient (Wildman–Crippen LogP) is 2.70. The molecule has 1 N–H and O–H groups in total. The fraction of sp³-hybridized carbons (Fsp3) is 0.400. The highest BCUT2D eigenvalue weighted by Gasteiger charge is 2.10. The maximum absolute atomic E-state index is 11.8. The molecular weight excluding hydrogens is 210 g/mol. The lowest BCUT2D eigenvalue weighted by Crippen LogP contribution is -2.24. The van der Waals surface area contributed by atoms with E-state index in [4.69, 9.17) is 0 Å². The number of Topliss-reactive ketones (excluding diaryl/α,β-unsaturated/α-hetero) is 1. The zero-order valence-corrected chi connectivity index (χ0v) is 10.3. The summed E-state index contributed by atoms with van der Waals surface area (Å²) in [4.78, 5) is 11.8. The van der Waals surface area contributed by atoms with E-state index in [1.54, 1.807) is 0 Å². The average Bonchev–Trinajstić information content (AvgIpc) is 2.30. The molecule has 1 aliphatic carbocycles. The second-order valence-corrected chi connectivity index (χ2v) is 4.46. The molecule has 0 saturated carbocycles. The first-order chi connectivity index (χ1) is 8.31. The molecule has 90 valence electrons. The van der Waals surface area contributed by atoms with Gasteiger partial charge in [0.05, 0.1) is 0 Å². The molecule has 2 heteroatoms. The summed E-state index contributed by atoms with van der Waals surface area (Å²) in [5.74, 6) is 0.237. The van der Waals surface area contributed by atoms with Gasteiger partial charge in [0.15, 0.2) is 5.78 Å². The molecule has 0 aromatic carbocycles. The van der Waals surface area contributed by atoms with Crippen molar-refractivity contribution >= 4 is 5.78 Å². The van der Waals surface area contributed by atoms with E-state index in [1.807, 2.05) is 25.2 Å². The zero-order valence-electron chi connectivity index (χ0n) is 10.3. The number of ketones is 1. The molecule has 0 aromatic heterocycles. The number of allylic oxidation sites excluding steroid dienone is 5. The lowest BCUT2D eigenvalue weighted by Gasteiger charge is -2.17. The quantitative estimate of drug-likeness (QED) is 0.806. The molecule has 17 heavy (non-hydrogen) atoms. The first kappa shape index (κ1) is 12.1. The Morgan fingerprint density at radius 1 is 1.29 bits per heavy atom. The first-order valence-corrected chi connectivity index (χ1v) is 6.33. The number of carbonyl (C=O) groups excluding carboxylic acids is 1. The van der Waals surface area contributed by atoms with Crippen LogP contribution in [0.15, 0.2) is 47.1 Å². The molecule has 0 spiro atoms. The van der Waals surface area contributed by atoms with Crippen molar-refractivity contribution in [3.63, 3.8) is 0 Å². The summed E-state index contributed by atoms with van der Waals surface area (Å²) >= 11 is 0. The van der Waals surface area contributed by atoms with Gasteiger partial charge in [-0.3, -0.25) is 4.79 Å². The highest BCUT2D eigenvalue weighted by Crippen LogP contribution is 2.19. The van der Waals surface area contributed by atoms with E-state index >= 15 is 0 Å². The summed E-state index contributed by atoms with van der Waals surface area (Å²) < 4.78 is 0. The largest absolute Gasteiger partial charge is 0.312 e. The van der Waals surface area contributed by atoms with Crippen molar-refractivity contribution in [3.05, 3.63) is 47.1 Å². The van der Waals surface area contributed by atoms with Gasteiger partial charge in [0.1, 0.15) is 0 Å². The summed E-state index contributed by atoms with van der Waals surface area (Å²) in [6.07, 6.45) is 12.7. The standard InChI is InChI=1S/C15H19NO/c1-2-4-15(17)13-6-3-5-12-9-10-16-11-14(12)8-7-13/h3,5-8,16H,2,4,9-11H2,1H3/b5-3+,6-3?,8-7-,12-5?,13-6-,13-7?,14-8?. The Kier molecular flexibility index (Phi) is 4.10. The molecule has 0 aromatic rings. The number of hydrogen-bond acceptors (Lipinski definition) is 2. The molecule has 0 unspecified atom stereocenters. The normalized spacial score (nSPS) is 26.3. The Labute approximate surface area is 103 Å². The van der Waals surface area contributed by atoms with E-state index in [0.29, 0.717) is 6.42 Å². The van der Waals surface area contributed by atoms with Gasteiger partial charge < -0.3 is 5.32 Å². The van der Waals surface area contributed by atoms with Crippen molar-refractivity contribution in [3.8, 4) is 0 Å². The van der Waals surface area contributed by atoms with Gasteiger partial charge in [0.25, 0.3) is 0 Å². The minimum atomic E-state index is 0.237. The van der Waals surface area contributed by atoms with Gasteiger partial charge in [0.2, 0.25) is 0 Å². The topological polar surface area (TPSA) is 29.1 Å². The van der Waals surface area contributed by atoms with Gasteiger partial charge >= 0.3 is 0 Å². The fourth-order valence-corrected chi connectivity index (χ4v) is 2.15. The van der Waals surface area contributed by atoms with Crippen LogP contribution in [0.3, 0.4) is 0 Å². The van der Waals surface area contributed by atoms with Crippen molar-refractivity contribution < 1.29 is 4.79 Å². The molecule has 0 bridgehead atoms. The van der Waals surface area contributed by atoms with Crippen LogP contribution in [0, 0.1) is 0 Å². The van der Waals surface area contributed by atoms with Gasteiger partial charge in [-0.05, 0) is 30.5 Å². The van der Waals surface area contributed by atoms with Crippen LogP contribution in [-0.4, -0.2) is 18.9 Å². The molecule has 0 amide bonds. The van der Waals surface area contributed by atoms with E-state index in [0.717, 1.165) is 31.5 Å². The van der Waals surface area contributed by atoms with Crippen LogP contribution in [0.25, 0.3) is 0 Å². The lowest BCUT2D eigenvalue weighted by atomic mass is 9.96. The van der Waals surface area contributed by atoms with Crippen LogP contribution in [0.5, 0.6) is 0 Å². The van der Waals surface area contributed by atoms with Crippen LogP contribution in [0.4, 0.5) is 0 Å². The van der Waals surface area contributed by atoms with Gasteiger partial charge in [0, 0.05) is 18.5 Å². The third kappa shape index (κ3) is 3.04. The second kappa shape index (κ2) is 5.78. The van der Waals surface area contributed by atoms with Crippen molar-refractivity contribution in [1.29, 1.82) is 0 Å². The van der Waals surface area contributed by atoms with Gasteiger partial charge in [-0.15, -0.1) is 0 Å². The summed E-state index contributed by atoms with van der Waals surface area (Å²) in [5, 5.41) is 3.35. The Balaban J connectivity index is 2.18. The Hall–Kier alpha value is -1.41. The molecule has 0 radical (unpaired) electrons. The summed E-state index contributed by atoms with van der Waals surface area (Å²) in [5.41, 5.74) is 3.51. The fourth-order valence-electron chi connectivity index (χ4n) is 2.15. The zero-order chi connectivity index (χ0) is 12.1. The third-order valence-electron chi connectivity index (χ3n) is 3.14. The number of hydrogen-bond donors (Lipinski definition) is 1. The monoisotopic (exact) mass is 229 g/mol. The summed E-state index contributed by atoms with van der Waals surface area (Å²) in [6.45, 7) is 3.99. The number of carbonyl (C=O) groups is 1. The Morgan fingerprint density at radius 3 is 3.00 bits per heavy atom. The molecule has 0 saturated heterocycles. The Morgan fingerprint density at radius 2 is 2.18 bits per heavy atom. The molecule has 0 atom stereocenters. The van der Waals surface area contributed by atoms with E-state index in [-0.39, 0.29) is 5.78 Å². The highest BCUT2D eigenvalue weighted by molar-refractivity contribution is 5.98.